The number of hydrogen-bond acceptors (Lipinski definition) is 2. The van der Waals surface area contributed by atoms with Crippen molar-refractivity contribution in [2.75, 3.05) is 16.8 Å². The number of aliphatic carboxylic acids is 1. The molecule has 0 radical (unpaired) electrons. The Morgan fingerprint density at radius 3 is 2.43 bits per heavy atom. The number of para-hydroxylation sites is 1. The SMILES string of the molecule is O=C(O)CN(C(=O)Nc1cccc(Cl)c1)c1ccccc1. The summed E-state index contributed by atoms with van der Waals surface area (Å²) in [7, 11) is 0. The number of rotatable bonds is 4. The van der Waals surface area contributed by atoms with Crippen LogP contribution in [0.5, 0.6) is 0 Å². The van der Waals surface area contributed by atoms with E-state index in [2.05, 4.69) is 5.32 Å². The standard InChI is InChI=1S/C15H13ClN2O3/c16-11-5-4-6-12(9-11)17-15(21)18(10-14(19)20)13-7-2-1-3-8-13/h1-9H,10H2,(H,17,21)(H,19,20). The molecular formula is C15H13ClN2O3. The van der Waals surface area contributed by atoms with E-state index in [1.807, 2.05) is 0 Å². The Hall–Kier alpha value is -2.53. The van der Waals surface area contributed by atoms with E-state index >= 15 is 0 Å². The summed E-state index contributed by atoms with van der Waals surface area (Å²) >= 11 is 5.85. The zero-order chi connectivity index (χ0) is 15.2. The highest BCUT2D eigenvalue weighted by atomic mass is 35.5. The first-order valence-electron chi connectivity index (χ1n) is 6.17. The first kappa shape index (κ1) is 14.9. The quantitative estimate of drug-likeness (QED) is 0.908. The Morgan fingerprint density at radius 1 is 1.10 bits per heavy atom. The Morgan fingerprint density at radius 2 is 1.81 bits per heavy atom. The molecule has 0 spiro atoms. The van der Waals surface area contributed by atoms with E-state index in [9.17, 15) is 9.59 Å². The maximum absolute atomic E-state index is 12.3. The molecule has 6 heteroatoms. The third-order valence-corrected chi connectivity index (χ3v) is 2.92. The minimum atomic E-state index is -1.10. The number of nitrogens with one attached hydrogen (secondary N) is 1. The zero-order valence-corrected chi connectivity index (χ0v) is 11.7. The number of carbonyl (C=O) groups is 2. The molecule has 0 heterocycles. The number of halogens is 1. The molecule has 108 valence electrons. The topological polar surface area (TPSA) is 69.6 Å². The number of carbonyl (C=O) groups excluding carboxylic acids is 1. The van der Waals surface area contributed by atoms with Crippen LogP contribution in [-0.4, -0.2) is 23.7 Å². The van der Waals surface area contributed by atoms with Crippen LogP contribution < -0.4 is 10.2 Å². The van der Waals surface area contributed by atoms with Crippen molar-refractivity contribution in [3.05, 3.63) is 59.6 Å². The van der Waals surface area contributed by atoms with Gasteiger partial charge in [-0.25, -0.2) is 4.79 Å². The van der Waals surface area contributed by atoms with Gasteiger partial charge in [-0.05, 0) is 30.3 Å². The van der Waals surface area contributed by atoms with Gasteiger partial charge in [0.05, 0.1) is 0 Å². The maximum Gasteiger partial charge on any atom is 0.326 e. The minimum absolute atomic E-state index is 0.434. The lowest BCUT2D eigenvalue weighted by Gasteiger charge is -2.21. The van der Waals surface area contributed by atoms with Gasteiger partial charge in [0.15, 0.2) is 0 Å². The van der Waals surface area contributed by atoms with Gasteiger partial charge in [-0.2, -0.15) is 0 Å². The molecule has 0 saturated carbocycles. The Balaban J connectivity index is 2.20. The molecule has 2 amide bonds. The van der Waals surface area contributed by atoms with Crippen LogP contribution >= 0.6 is 11.6 Å². The number of hydrogen-bond donors (Lipinski definition) is 2. The maximum atomic E-state index is 12.3. The monoisotopic (exact) mass is 304 g/mol. The summed E-state index contributed by atoms with van der Waals surface area (Å²) in [5, 5.41) is 12.1. The molecule has 0 fully saturated rings. The molecule has 0 aromatic heterocycles. The summed E-state index contributed by atoms with van der Waals surface area (Å²) < 4.78 is 0. The van der Waals surface area contributed by atoms with Gasteiger partial charge in [0.1, 0.15) is 6.54 Å². The molecule has 5 nitrogen and oxygen atoms in total. The van der Waals surface area contributed by atoms with E-state index in [4.69, 9.17) is 16.7 Å². The number of benzene rings is 2. The van der Waals surface area contributed by atoms with Gasteiger partial charge in [-0.15, -0.1) is 0 Å². The number of urea groups is 1. The smallest absolute Gasteiger partial charge is 0.326 e. The predicted octanol–water partition coefficient (Wildman–Crippen LogP) is 3.46. The van der Waals surface area contributed by atoms with E-state index in [0.29, 0.717) is 16.4 Å². The molecule has 0 aliphatic rings. The molecular weight excluding hydrogens is 292 g/mol. The lowest BCUT2D eigenvalue weighted by molar-refractivity contribution is -0.135. The average Bonchev–Trinajstić information content (AvgIpc) is 2.45. The van der Waals surface area contributed by atoms with Crippen LogP contribution in [0.25, 0.3) is 0 Å². The normalized spacial score (nSPS) is 9.95. The van der Waals surface area contributed by atoms with Crippen molar-refractivity contribution in [2.45, 2.75) is 0 Å². The van der Waals surface area contributed by atoms with Crippen LogP contribution in [0.2, 0.25) is 5.02 Å². The zero-order valence-electron chi connectivity index (χ0n) is 11.0. The van der Waals surface area contributed by atoms with E-state index in [0.717, 1.165) is 4.90 Å². The fourth-order valence-corrected chi connectivity index (χ4v) is 1.97. The van der Waals surface area contributed by atoms with Crippen molar-refractivity contribution in [1.82, 2.24) is 0 Å². The van der Waals surface area contributed by atoms with Gasteiger partial charge in [0.2, 0.25) is 0 Å². The lowest BCUT2D eigenvalue weighted by Crippen LogP contribution is -2.38. The number of nitrogens with zero attached hydrogens (tertiary/aromatic N) is 1. The van der Waals surface area contributed by atoms with Gasteiger partial charge >= 0.3 is 12.0 Å². The number of amides is 2. The molecule has 0 bridgehead atoms. The summed E-state index contributed by atoms with van der Waals surface area (Å²) in [6.07, 6.45) is 0. The van der Waals surface area contributed by atoms with Crippen LogP contribution in [0.3, 0.4) is 0 Å². The first-order chi connectivity index (χ1) is 10.1. The van der Waals surface area contributed by atoms with Crippen LogP contribution in [-0.2, 0) is 4.79 Å². The molecule has 0 aliphatic carbocycles. The van der Waals surface area contributed by atoms with Crippen LogP contribution in [0, 0.1) is 0 Å². The molecule has 2 aromatic carbocycles. The Bertz CT molecular complexity index is 646. The third kappa shape index (κ3) is 4.22. The van der Waals surface area contributed by atoms with Gasteiger partial charge in [-0.3, -0.25) is 9.69 Å². The fraction of sp³-hybridized carbons (Fsp3) is 0.0667. The second kappa shape index (κ2) is 6.76. The summed E-state index contributed by atoms with van der Waals surface area (Å²) in [5.41, 5.74) is 0.998. The lowest BCUT2D eigenvalue weighted by atomic mass is 10.3. The van der Waals surface area contributed by atoms with Crippen LogP contribution in [0.1, 0.15) is 0 Å². The van der Waals surface area contributed by atoms with Gasteiger partial charge in [0, 0.05) is 16.4 Å². The van der Waals surface area contributed by atoms with Crippen molar-refractivity contribution < 1.29 is 14.7 Å². The van der Waals surface area contributed by atoms with E-state index in [1.54, 1.807) is 54.6 Å². The van der Waals surface area contributed by atoms with Gasteiger partial charge in [0.25, 0.3) is 0 Å². The van der Waals surface area contributed by atoms with Crippen LogP contribution in [0.15, 0.2) is 54.6 Å². The third-order valence-electron chi connectivity index (χ3n) is 2.68. The molecule has 0 unspecified atom stereocenters. The molecule has 2 N–H and O–H groups in total. The molecule has 0 atom stereocenters. The highest BCUT2D eigenvalue weighted by Crippen LogP contribution is 2.18. The van der Waals surface area contributed by atoms with Crippen LogP contribution in [0.4, 0.5) is 16.2 Å². The fourth-order valence-electron chi connectivity index (χ4n) is 1.78. The van der Waals surface area contributed by atoms with Crippen molar-refractivity contribution in [2.24, 2.45) is 0 Å². The number of carboxylic acid groups (broad SMARTS) is 1. The minimum Gasteiger partial charge on any atom is -0.480 e. The number of carboxylic acids is 1. The van der Waals surface area contributed by atoms with E-state index in [1.165, 1.54) is 0 Å². The predicted molar refractivity (Wildman–Crippen MR) is 81.9 cm³/mol. The van der Waals surface area contributed by atoms with Gasteiger partial charge in [-0.1, -0.05) is 35.9 Å². The van der Waals surface area contributed by atoms with Crippen molar-refractivity contribution >= 4 is 35.0 Å². The molecule has 0 saturated heterocycles. The Kier molecular flexibility index (Phi) is 4.79. The Labute approximate surface area is 126 Å². The molecule has 2 rings (SSSR count). The summed E-state index contributed by atoms with van der Waals surface area (Å²) in [4.78, 5) is 24.4. The molecule has 21 heavy (non-hydrogen) atoms. The summed E-state index contributed by atoms with van der Waals surface area (Å²) in [6.45, 7) is -0.434. The molecule has 2 aromatic rings. The van der Waals surface area contributed by atoms with E-state index < -0.39 is 18.5 Å². The second-order valence-corrected chi connectivity index (χ2v) is 4.69. The highest BCUT2D eigenvalue weighted by molar-refractivity contribution is 6.30. The second-order valence-electron chi connectivity index (χ2n) is 4.26. The van der Waals surface area contributed by atoms with Crippen molar-refractivity contribution in [1.29, 1.82) is 0 Å². The number of anilines is 2. The molecule has 0 aliphatic heterocycles. The average molecular weight is 305 g/mol. The van der Waals surface area contributed by atoms with Crippen molar-refractivity contribution in [3.8, 4) is 0 Å². The van der Waals surface area contributed by atoms with Gasteiger partial charge < -0.3 is 10.4 Å². The van der Waals surface area contributed by atoms with Crippen molar-refractivity contribution in [3.63, 3.8) is 0 Å². The highest BCUT2D eigenvalue weighted by Gasteiger charge is 2.18. The first-order valence-corrected chi connectivity index (χ1v) is 6.55. The summed E-state index contributed by atoms with van der Waals surface area (Å²) in [6, 6.07) is 14.7. The summed E-state index contributed by atoms with van der Waals surface area (Å²) in [5.74, 6) is -1.10. The largest absolute Gasteiger partial charge is 0.480 e. The van der Waals surface area contributed by atoms with E-state index in [-0.39, 0.29) is 0 Å².